The van der Waals surface area contributed by atoms with E-state index >= 15 is 0 Å². The molecule has 4 rings (SSSR count). The molecular formula is C30H47N5O4S. The Hall–Kier alpha value is -2.46. The normalized spacial score (nSPS) is 23.4. The van der Waals surface area contributed by atoms with Crippen molar-refractivity contribution in [3.8, 4) is 0 Å². The Morgan fingerprint density at radius 2 is 1.85 bits per heavy atom. The van der Waals surface area contributed by atoms with Gasteiger partial charge in [-0.1, -0.05) is 39.5 Å². The summed E-state index contributed by atoms with van der Waals surface area (Å²) in [5.74, 6) is 2.47. The van der Waals surface area contributed by atoms with Crippen molar-refractivity contribution >= 4 is 33.5 Å². The molecule has 1 aromatic carbocycles. The summed E-state index contributed by atoms with van der Waals surface area (Å²) in [7, 11) is -1.89. The first-order valence-electron chi connectivity index (χ1n) is 14.8. The van der Waals surface area contributed by atoms with Gasteiger partial charge in [0.25, 0.3) is 5.91 Å². The highest BCUT2D eigenvalue weighted by atomic mass is 32.2. The first kappa shape index (κ1) is 30.5. The molecule has 2 fully saturated rings. The Morgan fingerprint density at radius 1 is 1.20 bits per heavy atom. The monoisotopic (exact) mass is 573 g/mol. The van der Waals surface area contributed by atoms with Crippen LogP contribution in [0.15, 0.2) is 17.1 Å². The van der Waals surface area contributed by atoms with Gasteiger partial charge in [0.05, 0.1) is 5.75 Å². The van der Waals surface area contributed by atoms with Crippen molar-refractivity contribution in [3.05, 3.63) is 28.8 Å². The van der Waals surface area contributed by atoms with Crippen LogP contribution in [0.3, 0.4) is 0 Å². The summed E-state index contributed by atoms with van der Waals surface area (Å²) in [5.41, 5.74) is 8.06. The van der Waals surface area contributed by atoms with Crippen LogP contribution in [0, 0.1) is 31.6 Å². The average molecular weight is 574 g/mol. The predicted molar refractivity (Wildman–Crippen MR) is 160 cm³/mol. The van der Waals surface area contributed by atoms with Crippen LogP contribution in [0.2, 0.25) is 0 Å². The first-order chi connectivity index (χ1) is 18.8. The zero-order valence-electron chi connectivity index (χ0n) is 24.8. The number of anilines is 1. The highest BCUT2D eigenvalue weighted by molar-refractivity contribution is 7.89. The summed E-state index contributed by atoms with van der Waals surface area (Å²) < 4.78 is 28.1. The van der Waals surface area contributed by atoms with E-state index in [9.17, 15) is 18.0 Å². The topological polar surface area (TPSA) is 125 Å². The molecule has 0 bridgehead atoms. The molecule has 10 heteroatoms. The van der Waals surface area contributed by atoms with Gasteiger partial charge in [-0.15, -0.1) is 0 Å². The number of nitrogens with zero attached hydrogens (tertiary/aromatic N) is 3. The number of aryl methyl sites for hydroxylation is 2. The van der Waals surface area contributed by atoms with E-state index in [1.807, 2.05) is 26.0 Å². The minimum Gasteiger partial charge on any atom is -0.351 e. The number of piperidine rings is 1. The van der Waals surface area contributed by atoms with Crippen molar-refractivity contribution in [2.24, 2.45) is 28.5 Å². The van der Waals surface area contributed by atoms with Crippen molar-refractivity contribution in [1.82, 2.24) is 9.62 Å². The number of sulfonamides is 1. The minimum atomic E-state index is -3.50. The number of carbonyl (C=O) groups is 2. The molecule has 1 saturated heterocycles. The largest absolute Gasteiger partial charge is 0.351 e. The van der Waals surface area contributed by atoms with E-state index in [4.69, 9.17) is 10.7 Å². The molecule has 40 heavy (non-hydrogen) atoms. The molecule has 2 aliphatic heterocycles. The fourth-order valence-corrected chi connectivity index (χ4v) is 8.08. The number of benzene rings is 1. The van der Waals surface area contributed by atoms with Gasteiger partial charge in [-0.3, -0.25) is 14.7 Å². The number of nitrogens with one attached hydrogen (secondary N) is 1. The summed E-state index contributed by atoms with van der Waals surface area (Å²) in [6.07, 6.45) is 8.26. The van der Waals surface area contributed by atoms with E-state index in [2.05, 4.69) is 19.2 Å². The zero-order chi connectivity index (χ0) is 29.2. The summed E-state index contributed by atoms with van der Waals surface area (Å²) in [5, 5.41) is 3.11. The number of hydrogen-bond acceptors (Lipinski definition) is 5. The van der Waals surface area contributed by atoms with Gasteiger partial charge in [-0.2, -0.15) is 0 Å². The molecule has 3 aliphatic rings. The van der Waals surface area contributed by atoms with Gasteiger partial charge in [0, 0.05) is 31.7 Å². The number of nitrogens with two attached hydrogens (primary N) is 1. The molecule has 1 aromatic rings. The van der Waals surface area contributed by atoms with Gasteiger partial charge in [0.2, 0.25) is 10.0 Å². The molecule has 1 saturated carbocycles. The van der Waals surface area contributed by atoms with Gasteiger partial charge in [-0.25, -0.2) is 17.5 Å². The lowest BCUT2D eigenvalue weighted by atomic mass is 9.78. The van der Waals surface area contributed by atoms with Crippen LogP contribution >= 0.6 is 0 Å². The third-order valence-electron chi connectivity index (χ3n) is 9.27. The van der Waals surface area contributed by atoms with Gasteiger partial charge >= 0.3 is 6.03 Å². The minimum absolute atomic E-state index is 0.00671. The molecule has 2 atom stereocenters. The average Bonchev–Trinajstić information content (AvgIpc) is 3.21. The second-order valence-electron chi connectivity index (χ2n) is 12.6. The van der Waals surface area contributed by atoms with Crippen molar-refractivity contribution < 1.29 is 18.0 Å². The lowest BCUT2D eigenvalue weighted by Gasteiger charge is -2.35. The maximum atomic E-state index is 13.3. The fraction of sp³-hybridized carbons (Fsp3) is 0.700. The van der Waals surface area contributed by atoms with Crippen LogP contribution in [-0.2, 0) is 21.2 Å². The molecule has 1 spiro atoms. The third-order valence-corrected chi connectivity index (χ3v) is 11.1. The zero-order valence-corrected chi connectivity index (χ0v) is 25.6. The van der Waals surface area contributed by atoms with Crippen LogP contribution in [0.1, 0.15) is 81.9 Å². The molecular weight excluding hydrogens is 526 g/mol. The maximum Gasteiger partial charge on any atom is 0.318 e. The van der Waals surface area contributed by atoms with Crippen LogP contribution in [-0.4, -0.2) is 61.9 Å². The van der Waals surface area contributed by atoms with Crippen molar-refractivity contribution in [2.75, 3.05) is 30.8 Å². The molecule has 222 valence electrons. The summed E-state index contributed by atoms with van der Waals surface area (Å²) in [6, 6.07) is 3.17. The van der Waals surface area contributed by atoms with Crippen LogP contribution in [0.4, 0.5) is 10.5 Å². The molecule has 0 aromatic heterocycles. The van der Waals surface area contributed by atoms with E-state index in [1.54, 1.807) is 7.05 Å². The molecule has 1 aliphatic carbocycles. The summed E-state index contributed by atoms with van der Waals surface area (Å²) in [6.45, 7) is 8.98. The van der Waals surface area contributed by atoms with Gasteiger partial charge in [-0.05, 0) is 86.6 Å². The van der Waals surface area contributed by atoms with Crippen LogP contribution < -0.4 is 16.0 Å². The lowest BCUT2D eigenvalue weighted by molar-refractivity contribution is -0.125. The highest BCUT2D eigenvalue weighted by Crippen LogP contribution is 2.38. The Morgan fingerprint density at radius 3 is 2.45 bits per heavy atom. The van der Waals surface area contributed by atoms with Crippen LogP contribution in [0.5, 0.6) is 0 Å². The molecule has 3 N–H and O–H groups in total. The van der Waals surface area contributed by atoms with E-state index < -0.39 is 21.6 Å². The number of amidine groups is 1. The lowest BCUT2D eigenvalue weighted by Crippen LogP contribution is -2.51. The van der Waals surface area contributed by atoms with Crippen molar-refractivity contribution in [2.45, 2.75) is 91.0 Å². The smallest absolute Gasteiger partial charge is 0.318 e. The Bertz CT molecular complexity index is 1230. The number of rotatable bonds is 9. The first-order valence-corrected chi connectivity index (χ1v) is 16.4. The highest BCUT2D eigenvalue weighted by Gasteiger charge is 2.48. The maximum absolute atomic E-state index is 13.3. The second-order valence-corrected chi connectivity index (χ2v) is 14.7. The number of amides is 3. The number of carbonyl (C=O) groups excluding carboxylic acids is 2. The van der Waals surface area contributed by atoms with Gasteiger partial charge in [0.15, 0.2) is 0 Å². The molecule has 2 heterocycles. The Kier molecular flexibility index (Phi) is 9.29. The van der Waals surface area contributed by atoms with E-state index in [-0.39, 0.29) is 11.7 Å². The summed E-state index contributed by atoms with van der Waals surface area (Å²) >= 11 is 0. The number of primary amides is 1. The Labute approximate surface area is 240 Å². The van der Waals surface area contributed by atoms with E-state index in [0.29, 0.717) is 55.8 Å². The molecule has 9 nitrogen and oxygen atoms in total. The van der Waals surface area contributed by atoms with Gasteiger partial charge in [0.1, 0.15) is 11.4 Å². The van der Waals surface area contributed by atoms with Crippen molar-refractivity contribution in [3.63, 3.8) is 0 Å². The molecule has 3 amide bonds. The van der Waals surface area contributed by atoms with E-state index in [0.717, 1.165) is 35.4 Å². The summed E-state index contributed by atoms with van der Waals surface area (Å²) in [4.78, 5) is 31.0. The third kappa shape index (κ3) is 6.70. The fourth-order valence-electron chi connectivity index (χ4n) is 6.62. The number of hydrogen-bond donors (Lipinski definition) is 2. The SMILES string of the molecule is Cc1cc(N(C)C(N)=O)cc(C)c1CCS(=O)(=O)N1CCC2(CC1)N=C([C@@H]1CCCC(CCC(C)C)C1)NC2=O. The van der Waals surface area contributed by atoms with Gasteiger partial charge < -0.3 is 11.1 Å². The standard InChI is InChI=1S/C30H47N5O4S/c1-20(2)9-10-23-7-6-8-24(19-23)27-32-28(36)30(33-27)12-14-35(15-13-30)40(38,39)16-11-26-21(3)17-25(18-22(26)4)34(5)29(31)37/h17-18,20,23-24H,6-16,19H2,1-5H3,(H2,31,37)(H,32,33,36)/t23?,24-/m1/s1. The van der Waals surface area contributed by atoms with Crippen molar-refractivity contribution in [1.29, 1.82) is 0 Å². The second kappa shape index (κ2) is 12.2. The quantitative estimate of drug-likeness (QED) is 0.457. The van der Waals surface area contributed by atoms with E-state index in [1.165, 1.54) is 34.9 Å². The number of urea groups is 1. The molecule has 0 radical (unpaired) electrons. The predicted octanol–water partition coefficient (Wildman–Crippen LogP) is 4.30. The van der Waals surface area contributed by atoms with Crippen LogP contribution in [0.25, 0.3) is 0 Å². The Balaban J connectivity index is 1.36. The molecule has 1 unspecified atom stereocenters. The number of aliphatic imine (C=N–C) groups is 1.